The Bertz CT molecular complexity index is 158. The second-order valence-corrected chi connectivity index (χ2v) is 1.90. The second-order valence-electron chi connectivity index (χ2n) is 1.90. The molecule has 3 nitrogen and oxygen atoms in total. The summed E-state index contributed by atoms with van der Waals surface area (Å²) in [7, 11) is 0. The Kier molecular flexibility index (Phi) is 4.04. The smallest absolute Gasteiger partial charge is 0.119 e. The third kappa shape index (κ3) is 3.72. The molecule has 10 heavy (non-hydrogen) atoms. The summed E-state index contributed by atoms with van der Waals surface area (Å²) in [5.41, 5.74) is 5.75. The molecule has 4 N–H and O–H groups in total. The van der Waals surface area contributed by atoms with Gasteiger partial charge in [-0.15, -0.1) is 0 Å². The molecular weight excluding hydrogens is 126 g/mol. The first-order valence-electron chi connectivity index (χ1n) is 3.05. The second kappa shape index (κ2) is 4.61. The van der Waals surface area contributed by atoms with Crippen LogP contribution in [0, 0.1) is 5.41 Å². The van der Waals surface area contributed by atoms with Gasteiger partial charge in [-0.2, -0.15) is 0 Å². The van der Waals surface area contributed by atoms with E-state index in [1.807, 2.05) is 13.0 Å². The van der Waals surface area contributed by atoms with Gasteiger partial charge in [0.25, 0.3) is 0 Å². The van der Waals surface area contributed by atoms with Gasteiger partial charge < -0.3 is 11.1 Å². The van der Waals surface area contributed by atoms with Crippen molar-refractivity contribution in [1.29, 1.82) is 5.41 Å². The SMILES string of the molecule is C=C(CN/C=C/C)C(=N)N. The van der Waals surface area contributed by atoms with E-state index >= 15 is 0 Å². The van der Waals surface area contributed by atoms with Crippen molar-refractivity contribution in [1.82, 2.24) is 5.32 Å². The van der Waals surface area contributed by atoms with E-state index in [9.17, 15) is 0 Å². The van der Waals surface area contributed by atoms with Crippen LogP contribution in [0.1, 0.15) is 6.92 Å². The highest BCUT2D eigenvalue weighted by Gasteiger charge is 1.92. The van der Waals surface area contributed by atoms with E-state index in [4.69, 9.17) is 11.1 Å². The zero-order valence-corrected chi connectivity index (χ0v) is 6.15. The average Bonchev–Trinajstić information content (AvgIpc) is 1.88. The van der Waals surface area contributed by atoms with E-state index in [2.05, 4.69) is 11.9 Å². The lowest BCUT2D eigenvalue weighted by Gasteiger charge is -2.01. The largest absolute Gasteiger partial charge is 0.387 e. The van der Waals surface area contributed by atoms with Gasteiger partial charge in [0, 0.05) is 12.1 Å². The van der Waals surface area contributed by atoms with E-state index in [1.165, 1.54) is 0 Å². The van der Waals surface area contributed by atoms with Crippen molar-refractivity contribution in [3.8, 4) is 0 Å². The van der Waals surface area contributed by atoms with E-state index in [0.717, 1.165) is 0 Å². The summed E-state index contributed by atoms with van der Waals surface area (Å²) in [6.45, 7) is 6.03. The van der Waals surface area contributed by atoms with Crippen LogP contribution < -0.4 is 11.1 Å². The van der Waals surface area contributed by atoms with E-state index in [0.29, 0.717) is 12.1 Å². The summed E-state index contributed by atoms with van der Waals surface area (Å²) in [6, 6.07) is 0. The summed E-state index contributed by atoms with van der Waals surface area (Å²) < 4.78 is 0. The van der Waals surface area contributed by atoms with Crippen molar-refractivity contribution in [3.05, 3.63) is 24.4 Å². The fraction of sp³-hybridized carbons (Fsp3) is 0.286. The number of hydrogen-bond acceptors (Lipinski definition) is 2. The number of nitrogens with one attached hydrogen (secondary N) is 2. The molecule has 3 heteroatoms. The Hall–Kier alpha value is -1.25. The quantitative estimate of drug-likeness (QED) is 0.394. The molecule has 0 fully saturated rings. The first-order chi connectivity index (χ1) is 4.68. The monoisotopic (exact) mass is 139 g/mol. The molecule has 0 aliphatic carbocycles. The Morgan fingerprint density at radius 2 is 2.40 bits per heavy atom. The Morgan fingerprint density at radius 3 is 2.80 bits per heavy atom. The molecule has 0 aromatic heterocycles. The minimum Gasteiger partial charge on any atom is -0.387 e. The van der Waals surface area contributed by atoms with Gasteiger partial charge in [-0.05, 0) is 13.1 Å². The summed E-state index contributed by atoms with van der Waals surface area (Å²) in [4.78, 5) is 0. The molecule has 0 atom stereocenters. The highest BCUT2D eigenvalue weighted by Crippen LogP contribution is 1.83. The van der Waals surface area contributed by atoms with Gasteiger partial charge in [0.05, 0.1) is 0 Å². The van der Waals surface area contributed by atoms with Crippen molar-refractivity contribution in [2.45, 2.75) is 6.92 Å². The molecule has 0 amide bonds. The fourth-order valence-electron chi connectivity index (χ4n) is 0.395. The highest BCUT2D eigenvalue weighted by atomic mass is 14.8. The van der Waals surface area contributed by atoms with Crippen LogP contribution in [0.4, 0.5) is 0 Å². The van der Waals surface area contributed by atoms with Gasteiger partial charge in [-0.3, -0.25) is 5.41 Å². The lowest BCUT2D eigenvalue weighted by atomic mass is 10.3. The summed E-state index contributed by atoms with van der Waals surface area (Å²) in [6.07, 6.45) is 3.65. The summed E-state index contributed by atoms with van der Waals surface area (Å²) in [5.74, 6) is 0.0389. The van der Waals surface area contributed by atoms with Crippen molar-refractivity contribution >= 4 is 5.84 Å². The van der Waals surface area contributed by atoms with Crippen LogP contribution in [-0.4, -0.2) is 12.4 Å². The van der Waals surface area contributed by atoms with Crippen molar-refractivity contribution in [2.24, 2.45) is 5.73 Å². The van der Waals surface area contributed by atoms with Crippen LogP contribution >= 0.6 is 0 Å². The molecule has 0 heterocycles. The Morgan fingerprint density at radius 1 is 1.80 bits per heavy atom. The van der Waals surface area contributed by atoms with E-state index in [1.54, 1.807) is 6.20 Å². The van der Waals surface area contributed by atoms with Crippen LogP contribution in [0.25, 0.3) is 0 Å². The predicted octanol–water partition coefficient (Wildman–Crippen LogP) is 0.602. The first kappa shape index (κ1) is 8.75. The third-order valence-corrected chi connectivity index (χ3v) is 0.981. The van der Waals surface area contributed by atoms with Gasteiger partial charge in [-0.25, -0.2) is 0 Å². The molecule has 0 spiro atoms. The first-order valence-corrected chi connectivity index (χ1v) is 3.05. The molecule has 0 rings (SSSR count). The molecule has 0 bridgehead atoms. The number of hydrogen-bond donors (Lipinski definition) is 3. The molecule has 0 radical (unpaired) electrons. The van der Waals surface area contributed by atoms with Crippen LogP contribution in [0.5, 0.6) is 0 Å². The number of rotatable bonds is 4. The van der Waals surface area contributed by atoms with Crippen LogP contribution in [-0.2, 0) is 0 Å². The minimum atomic E-state index is 0.0389. The number of amidine groups is 1. The Labute approximate surface area is 61.1 Å². The molecule has 0 aliphatic rings. The van der Waals surface area contributed by atoms with E-state index < -0.39 is 0 Å². The molecule has 0 aliphatic heterocycles. The standard InChI is InChI=1S/C7H13N3/c1-3-4-10-5-6(2)7(8)9/h3-4,10H,2,5H2,1H3,(H3,8,9)/b4-3+. The highest BCUT2D eigenvalue weighted by molar-refractivity contribution is 5.94. The lowest BCUT2D eigenvalue weighted by Crippen LogP contribution is -2.20. The molecule has 0 unspecified atom stereocenters. The maximum atomic E-state index is 6.95. The Balaban J connectivity index is 3.50. The molecule has 0 saturated heterocycles. The predicted molar refractivity (Wildman–Crippen MR) is 43.9 cm³/mol. The van der Waals surface area contributed by atoms with Crippen LogP contribution in [0.3, 0.4) is 0 Å². The number of nitrogens with two attached hydrogens (primary N) is 1. The maximum absolute atomic E-state index is 6.95. The molecule has 56 valence electrons. The maximum Gasteiger partial charge on any atom is 0.119 e. The minimum absolute atomic E-state index is 0.0389. The molecular formula is C7H13N3. The van der Waals surface area contributed by atoms with Gasteiger partial charge in [-0.1, -0.05) is 12.7 Å². The van der Waals surface area contributed by atoms with Crippen molar-refractivity contribution < 1.29 is 0 Å². The summed E-state index contributed by atoms with van der Waals surface area (Å²) >= 11 is 0. The summed E-state index contributed by atoms with van der Waals surface area (Å²) in [5, 5.41) is 9.87. The molecule has 0 aromatic rings. The van der Waals surface area contributed by atoms with Gasteiger partial charge in [0.15, 0.2) is 0 Å². The zero-order valence-electron chi connectivity index (χ0n) is 6.15. The normalized spacial score (nSPS) is 9.70. The zero-order chi connectivity index (χ0) is 7.98. The third-order valence-electron chi connectivity index (χ3n) is 0.981. The molecule has 0 saturated carbocycles. The van der Waals surface area contributed by atoms with Gasteiger partial charge in [0.2, 0.25) is 0 Å². The topological polar surface area (TPSA) is 61.9 Å². The van der Waals surface area contributed by atoms with Crippen LogP contribution in [0.15, 0.2) is 24.4 Å². The lowest BCUT2D eigenvalue weighted by molar-refractivity contribution is 0.961. The van der Waals surface area contributed by atoms with Crippen molar-refractivity contribution in [2.75, 3.05) is 6.54 Å². The van der Waals surface area contributed by atoms with E-state index in [-0.39, 0.29) is 5.84 Å². The number of allylic oxidation sites excluding steroid dienone is 1. The van der Waals surface area contributed by atoms with Gasteiger partial charge >= 0.3 is 0 Å². The molecule has 0 aromatic carbocycles. The van der Waals surface area contributed by atoms with Crippen LogP contribution in [0.2, 0.25) is 0 Å². The average molecular weight is 139 g/mol. The van der Waals surface area contributed by atoms with Crippen molar-refractivity contribution in [3.63, 3.8) is 0 Å². The van der Waals surface area contributed by atoms with Gasteiger partial charge in [0.1, 0.15) is 5.84 Å². The fourth-order valence-corrected chi connectivity index (χ4v) is 0.395.